The van der Waals surface area contributed by atoms with E-state index in [-0.39, 0.29) is 33.8 Å². The van der Waals surface area contributed by atoms with E-state index in [9.17, 15) is 0 Å². The van der Waals surface area contributed by atoms with Gasteiger partial charge in [0, 0.05) is 54.6 Å². The van der Waals surface area contributed by atoms with E-state index in [1.54, 1.807) is 0 Å². The van der Waals surface area contributed by atoms with Crippen molar-refractivity contribution in [1.82, 2.24) is 0 Å². The minimum Gasteiger partial charge on any atom is -0.453 e. The molecule has 0 saturated heterocycles. The molecule has 4 heterocycles. The molecule has 0 aliphatic carbocycles. The number of nitrogens with zero attached hydrogens (tertiary/aromatic N) is 2. The van der Waals surface area contributed by atoms with E-state index in [2.05, 4.69) is 381 Å². The van der Waals surface area contributed by atoms with Gasteiger partial charge in [0.05, 0.1) is 16.1 Å². The molecule has 13 aromatic carbocycles. The summed E-state index contributed by atoms with van der Waals surface area (Å²) in [6, 6.07) is 102. The van der Waals surface area contributed by atoms with Gasteiger partial charge in [0.15, 0.2) is 5.58 Å². The van der Waals surface area contributed by atoms with Crippen molar-refractivity contribution < 1.29 is 4.42 Å². The Bertz CT molecular complexity index is 5830. The summed E-state index contributed by atoms with van der Waals surface area (Å²) in [4.78, 5) is 5.29. The lowest BCUT2D eigenvalue weighted by Gasteiger charge is -2.45. The van der Waals surface area contributed by atoms with Crippen LogP contribution in [0.1, 0.15) is 132 Å². The van der Waals surface area contributed by atoms with E-state index in [0.717, 1.165) is 55.8 Å². The standard InChI is InChI=1S/C98H89BN2OS/c1-94(2,3)70-50-68(51-71(56-70)95(4,5)6)65-46-48-83-82(54-65)99-81-47-45-66(69-52-72(96(7,8)9)57-73(53-69)97(10,11)12)55-86(81)101(84-39-25-36-78-77-35-23-33-75(90(77)102-91(78)84)63-43-41-62(42-44-63)60-27-18-16-19-28-60)88-59-74(98(13,14)15)58-87(89(88)99)100(83)85-40-26-38-80-79-37-24-34-76(92(79)103-93(80)85)67-32-22-31-64(49-67)61-29-20-17-21-30-61/h16-59H,1-15H3. The van der Waals surface area contributed by atoms with Crippen molar-refractivity contribution in [3.05, 3.63) is 295 Å². The van der Waals surface area contributed by atoms with Gasteiger partial charge in [-0.15, -0.1) is 11.3 Å². The number of hydrogen-bond donors (Lipinski definition) is 0. The average Bonchev–Trinajstić information content (AvgIpc) is 1.34. The van der Waals surface area contributed by atoms with Gasteiger partial charge in [-0.3, -0.25) is 0 Å². The van der Waals surface area contributed by atoms with Crippen LogP contribution < -0.4 is 26.2 Å². The highest BCUT2D eigenvalue weighted by molar-refractivity contribution is 7.27. The van der Waals surface area contributed by atoms with Crippen LogP contribution in [0.2, 0.25) is 0 Å². The van der Waals surface area contributed by atoms with E-state index in [4.69, 9.17) is 4.42 Å². The quantitative estimate of drug-likeness (QED) is 0.141. The molecule has 506 valence electrons. The van der Waals surface area contributed by atoms with Gasteiger partial charge in [-0.2, -0.15) is 0 Å². The largest absolute Gasteiger partial charge is 0.453 e. The summed E-state index contributed by atoms with van der Waals surface area (Å²) in [5, 5.41) is 4.68. The first-order chi connectivity index (χ1) is 49.2. The van der Waals surface area contributed by atoms with Gasteiger partial charge < -0.3 is 14.2 Å². The molecule has 2 aliphatic heterocycles. The Morgan fingerprint density at radius 1 is 0.252 bits per heavy atom. The van der Waals surface area contributed by atoms with Crippen LogP contribution in [0.3, 0.4) is 0 Å². The van der Waals surface area contributed by atoms with Crippen LogP contribution in [0.4, 0.5) is 34.1 Å². The van der Waals surface area contributed by atoms with Gasteiger partial charge in [-0.1, -0.05) is 328 Å². The number of hydrogen-bond acceptors (Lipinski definition) is 4. The van der Waals surface area contributed by atoms with Crippen LogP contribution in [-0.2, 0) is 27.1 Å². The van der Waals surface area contributed by atoms with Gasteiger partial charge in [0.2, 0.25) is 0 Å². The predicted octanol–water partition coefficient (Wildman–Crippen LogP) is 26.5. The molecular weight excluding hydrogens is 1260 g/mol. The minimum absolute atomic E-state index is 0.0744. The number of para-hydroxylation sites is 2. The maximum absolute atomic E-state index is 7.66. The zero-order valence-electron chi connectivity index (χ0n) is 62.2. The maximum atomic E-state index is 7.66. The van der Waals surface area contributed by atoms with Crippen LogP contribution in [-0.4, -0.2) is 6.71 Å². The summed E-state index contributed by atoms with van der Waals surface area (Å²) >= 11 is 1.92. The second-order valence-electron chi connectivity index (χ2n) is 34.2. The SMILES string of the molecule is CC(C)(C)c1cc(-c2ccc3c(c2)B2c4ccc(-c5cc(C(C)(C)C)cc(C(C)(C)C)c5)cc4N(c4cccc5c4oc4c(-c6ccc(-c7ccccc7)cc6)cccc45)c4cc(C(C)(C)C)cc(c42)N3c2cccc3c2sc2c(-c4cccc(-c5ccccc5)c4)cccc23)cc(C(C)(C)C)c1. The van der Waals surface area contributed by atoms with Crippen molar-refractivity contribution >= 4 is 111 Å². The molecule has 0 bridgehead atoms. The topological polar surface area (TPSA) is 19.6 Å². The van der Waals surface area contributed by atoms with E-state index in [1.807, 2.05) is 11.3 Å². The van der Waals surface area contributed by atoms with E-state index >= 15 is 0 Å². The molecule has 0 N–H and O–H groups in total. The molecule has 15 aromatic rings. The van der Waals surface area contributed by atoms with E-state index in [0.29, 0.717) is 0 Å². The summed E-state index contributed by atoms with van der Waals surface area (Å²) in [5.41, 5.74) is 32.6. The Balaban J connectivity index is 0.961. The Kier molecular flexibility index (Phi) is 15.4. The zero-order valence-corrected chi connectivity index (χ0v) is 63.0. The number of thiophene rings is 1. The Labute approximate surface area is 613 Å². The molecule has 0 atom stereocenters. The van der Waals surface area contributed by atoms with Gasteiger partial charge in [-0.25, -0.2) is 0 Å². The molecule has 0 fully saturated rings. The highest BCUT2D eigenvalue weighted by Crippen LogP contribution is 2.54. The Morgan fingerprint density at radius 2 is 0.670 bits per heavy atom. The summed E-state index contributed by atoms with van der Waals surface area (Å²) in [5.74, 6) is 0. The van der Waals surface area contributed by atoms with Crippen molar-refractivity contribution in [3.63, 3.8) is 0 Å². The highest BCUT2D eigenvalue weighted by atomic mass is 32.1. The highest BCUT2D eigenvalue weighted by Gasteiger charge is 2.46. The lowest BCUT2D eigenvalue weighted by atomic mass is 9.33. The van der Waals surface area contributed by atoms with Crippen molar-refractivity contribution in [2.24, 2.45) is 0 Å². The number of fused-ring (bicyclic) bond motifs is 10. The summed E-state index contributed by atoms with van der Waals surface area (Å²) < 4.78 is 10.2. The molecule has 0 amide bonds. The third-order valence-corrected chi connectivity index (χ3v) is 23.3. The van der Waals surface area contributed by atoms with Gasteiger partial charge in [-0.05, 0) is 175 Å². The molecule has 0 radical (unpaired) electrons. The number of benzene rings is 13. The van der Waals surface area contributed by atoms with Gasteiger partial charge in [0.1, 0.15) is 5.58 Å². The molecule has 103 heavy (non-hydrogen) atoms. The lowest BCUT2D eigenvalue weighted by Crippen LogP contribution is -2.61. The first-order valence-electron chi connectivity index (χ1n) is 36.8. The predicted molar refractivity (Wildman–Crippen MR) is 447 cm³/mol. The fourth-order valence-electron chi connectivity index (χ4n) is 16.0. The van der Waals surface area contributed by atoms with Crippen LogP contribution in [0.5, 0.6) is 0 Å². The third kappa shape index (κ3) is 11.4. The molecule has 5 heteroatoms. The number of rotatable bonds is 8. The lowest BCUT2D eigenvalue weighted by molar-refractivity contribution is 0.568. The molecule has 0 saturated carbocycles. The second kappa shape index (κ2) is 24.1. The minimum atomic E-state index is -0.270. The molecule has 0 spiro atoms. The monoisotopic (exact) mass is 1350 g/mol. The van der Waals surface area contributed by atoms with Crippen molar-refractivity contribution in [2.75, 3.05) is 9.80 Å². The summed E-state index contributed by atoms with van der Waals surface area (Å²) in [6.45, 7) is 35.2. The van der Waals surface area contributed by atoms with Crippen LogP contribution >= 0.6 is 11.3 Å². The fraction of sp³-hybridized carbons (Fsp3) is 0.204. The number of furan rings is 1. The molecule has 2 aromatic heterocycles. The van der Waals surface area contributed by atoms with Gasteiger partial charge in [0.25, 0.3) is 6.71 Å². The van der Waals surface area contributed by atoms with E-state index in [1.165, 1.54) is 131 Å². The van der Waals surface area contributed by atoms with Crippen molar-refractivity contribution in [3.8, 4) is 66.8 Å². The Hall–Kier alpha value is -10.5. The molecule has 3 nitrogen and oxygen atoms in total. The normalized spacial score (nSPS) is 13.3. The Morgan fingerprint density at radius 3 is 1.25 bits per heavy atom. The van der Waals surface area contributed by atoms with E-state index < -0.39 is 0 Å². The molecule has 2 aliphatic rings. The molecule has 0 unspecified atom stereocenters. The maximum Gasteiger partial charge on any atom is 0.252 e. The van der Waals surface area contributed by atoms with Crippen LogP contribution in [0, 0.1) is 0 Å². The molecular formula is C98H89BN2OS. The van der Waals surface area contributed by atoms with Crippen molar-refractivity contribution in [1.29, 1.82) is 0 Å². The van der Waals surface area contributed by atoms with Crippen molar-refractivity contribution in [2.45, 2.75) is 131 Å². The fourth-order valence-corrected chi connectivity index (χ4v) is 17.4. The summed E-state index contributed by atoms with van der Waals surface area (Å²) in [6.07, 6.45) is 0. The smallest absolute Gasteiger partial charge is 0.252 e. The van der Waals surface area contributed by atoms with Crippen LogP contribution in [0.15, 0.2) is 271 Å². The summed E-state index contributed by atoms with van der Waals surface area (Å²) in [7, 11) is 0. The first kappa shape index (κ1) is 65.8. The third-order valence-electron chi connectivity index (χ3n) is 22.0. The average molecular weight is 1350 g/mol. The first-order valence-corrected chi connectivity index (χ1v) is 37.6. The molecule has 17 rings (SSSR count). The van der Waals surface area contributed by atoms with Crippen LogP contribution in [0.25, 0.3) is 109 Å². The zero-order chi connectivity index (χ0) is 71.4. The number of anilines is 6. The van der Waals surface area contributed by atoms with Gasteiger partial charge >= 0.3 is 0 Å². The second-order valence-corrected chi connectivity index (χ2v) is 35.2.